The number of benzene rings is 1. The molecule has 21 heavy (non-hydrogen) atoms. The second kappa shape index (κ2) is 5.76. The minimum atomic E-state index is -0.0590. The fourth-order valence-electron chi connectivity index (χ4n) is 2.61. The molecule has 2 N–H and O–H groups in total. The average Bonchev–Trinajstić information content (AvgIpc) is 2.77. The molecule has 3 heteroatoms. The number of nitrogens with zero attached hydrogens (tertiary/aromatic N) is 2. The van der Waals surface area contributed by atoms with Crippen LogP contribution in [0.1, 0.15) is 39.1 Å². The highest BCUT2D eigenvalue weighted by atomic mass is 15.1. The summed E-state index contributed by atoms with van der Waals surface area (Å²) in [5.74, 6) is 1.72. The van der Waals surface area contributed by atoms with E-state index < -0.39 is 0 Å². The highest BCUT2D eigenvalue weighted by Gasteiger charge is 2.25. The van der Waals surface area contributed by atoms with Gasteiger partial charge < -0.3 is 10.3 Å². The van der Waals surface area contributed by atoms with E-state index in [0.29, 0.717) is 6.54 Å². The van der Waals surface area contributed by atoms with Crippen molar-refractivity contribution in [2.75, 3.05) is 5.73 Å². The summed E-state index contributed by atoms with van der Waals surface area (Å²) in [7, 11) is 0. The van der Waals surface area contributed by atoms with Crippen LogP contribution in [0.15, 0.2) is 36.9 Å². The summed E-state index contributed by atoms with van der Waals surface area (Å²) < 4.78 is 2.06. The third-order valence-corrected chi connectivity index (χ3v) is 3.64. The van der Waals surface area contributed by atoms with Gasteiger partial charge in [-0.15, -0.1) is 6.58 Å². The predicted octanol–water partition coefficient (Wildman–Crippen LogP) is 4.18. The molecule has 2 aromatic rings. The van der Waals surface area contributed by atoms with Crippen LogP contribution in [-0.2, 0) is 18.4 Å². The van der Waals surface area contributed by atoms with Crippen molar-refractivity contribution in [2.45, 2.75) is 46.1 Å². The zero-order valence-electron chi connectivity index (χ0n) is 13.5. The van der Waals surface area contributed by atoms with Gasteiger partial charge in [-0.2, -0.15) is 0 Å². The molecule has 0 fully saturated rings. The average molecular weight is 283 g/mol. The highest BCUT2D eigenvalue weighted by Crippen LogP contribution is 2.33. The molecule has 0 amide bonds. The number of aromatic nitrogens is 2. The number of aryl methyl sites for hydroxylation is 1. The second-order valence-electron chi connectivity index (χ2n) is 6.33. The van der Waals surface area contributed by atoms with Crippen LogP contribution in [0, 0.1) is 0 Å². The number of hydrogen-bond acceptors (Lipinski definition) is 2. The highest BCUT2D eigenvalue weighted by molar-refractivity contribution is 5.74. The van der Waals surface area contributed by atoms with Gasteiger partial charge in [0.05, 0.1) is 0 Å². The summed E-state index contributed by atoms with van der Waals surface area (Å²) in [6, 6.07) is 8.33. The van der Waals surface area contributed by atoms with E-state index >= 15 is 0 Å². The van der Waals surface area contributed by atoms with E-state index in [2.05, 4.69) is 57.0 Å². The standard InChI is InChI=1S/C18H25N3/c1-6-12-21-16(19)15(20-17(21)18(3,4)5)14-11-9-8-10-13(14)7-2/h6,8-11H,1,7,12,19H2,2-5H3. The molecule has 2 rings (SSSR count). The first-order valence-corrected chi connectivity index (χ1v) is 7.45. The van der Waals surface area contributed by atoms with Gasteiger partial charge in [-0.3, -0.25) is 0 Å². The van der Waals surface area contributed by atoms with Crippen LogP contribution in [0.5, 0.6) is 0 Å². The summed E-state index contributed by atoms with van der Waals surface area (Å²) in [6.07, 6.45) is 2.83. The molecule has 0 aliphatic carbocycles. The van der Waals surface area contributed by atoms with E-state index in [9.17, 15) is 0 Å². The number of hydrogen-bond donors (Lipinski definition) is 1. The van der Waals surface area contributed by atoms with E-state index in [-0.39, 0.29) is 5.41 Å². The van der Waals surface area contributed by atoms with Gasteiger partial charge in [-0.25, -0.2) is 4.98 Å². The van der Waals surface area contributed by atoms with Gasteiger partial charge >= 0.3 is 0 Å². The summed E-state index contributed by atoms with van der Waals surface area (Å²) in [4.78, 5) is 4.87. The number of imidazole rings is 1. The Morgan fingerprint density at radius 3 is 2.52 bits per heavy atom. The lowest BCUT2D eigenvalue weighted by Crippen LogP contribution is -2.19. The molecule has 0 radical (unpaired) electrons. The summed E-state index contributed by atoms with van der Waals surface area (Å²) in [6.45, 7) is 13.1. The topological polar surface area (TPSA) is 43.8 Å². The fourth-order valence-corrected chi connectivity index (χ4v) is 2.61. The maximum Gasteiger partial charge on any atom is 0.132 e. The van der Waals surface area contributed by atoms with Gasteiger partial charge in [0.1, 0.15) is 17.3 Å². The summed E-state index contributed by atoms with van der Waals surface area (Å²) in [5, 5.41) is 0. The number of rotatable bonds is 4. The van der Waals surface area contributed by atoms with E-state index in [0.717, 1.165) is 29.3 Å². The Balaban J connectivity index is 2.68. The lowest BCUT2D eigenvalue weighted by Gasteiger charge is -2.19. The third-order valence-electron chi connectivity index (χ3n) is 3.64. The van der Waals surface area contributed by atoms with E-state index in [4.69, 9.17) is 10.7 Å². The lowest BCUT2D eigenvalue weighted by atomic mass is 9.95. The molecule has 0 spiro atoms. The minimum absolute atomic E-state index is 0.0590. The Morgan fingerprint density at radius 2 is 1.95 bits per heavy atom. The van der Waals surface area contributed by atoms with E-state index in [1.165, 1.54) is 5.56 Å². The maximum atomic E-state index is 6.40. The van der Waals surface area contributed by atoms with E-state index in [1.54, 1.807) is 0 Å². The van der Waals surface area contributed by atoms with Crippen LogP contribution in [0.2, 0.25) is 0 Å². The molecule has 112 valence electrons. The van der Waals surface area contributed by atoms with Crippen LogP contribution < -0.4 is 5.73 Å². The van der Waals surface area contributed by atoms with Crippen molar-refractivity contribution < 1.29 is 0 Å². The number of nitrogen functional groups attached to an aromatic ring is 1. The number of anilines is 1. The monoisotopic (exact) mass is 283 g/mol. The Hall–Kier alpha value is -2.03. The smallest absolute Gasteiger partial charge is 0.132 e. The molecule has 3 nitrogen and oxygen atoms in total. The molecule has 0 aliphatic heterocycles. The molecule has 1 aromatic carbocycles. The first-order valence-electron chi connectivity index (χ1n) is 7.45. The third kappa shape index (κ3) is 2.87. The Labute approximate surface area is 127 Å². The van der Waals surface area contributed by atoms with Gasteiger partial charge in [0, 0.05) is 17.5 Å². The van der Waals surface area contributed by atoms with Crippen molar-refractivity contribution >= 4 is 5.82 Å². The second-order valence-corrected chi connectivity index (χ2v) is 6.33. The van der Waals surface area contributed by atoms with Crippen molar-refractivity contribution in [3.8, 4) is 11.3 Å². The van der Waals surface area contributed by atoms with Crippen LogP contribution in [0.25, 0.3) is 11.3 Å². The molecular formula is C18H25N3. The number of nitrogens with two attached hydrogens (primary N) is 1. The van der Waals surface area contributed by atoms with E-state index in [1.807, 2.05) is 12.1 Å². The van der Waals surface area contributed by atoms with Gasteiger partial charge in [-0.1, -0.05) is 58.0 Å². The van der Waals surface area contributed by atoms with Crippen molar-refractivity contribution in [1.82, 2.24) is 9.55 Å². The van der Waals surface area contributed by atoms with Crippen LogP contribution in [0.3, 0.4) is 0 Å². The number of allylic oxidation sites excluding steroid dienone is 1. The molecule has 0 saturated carbocycles. The van der Waals surface area contributed by atoms with Crippen molar-refractivity contribution in [2.24, 2.45) is 0 Å². The minimum Gasteiger partial charge on any atom is -0.383 e. The molecule has 1 heterocycles. The van der Waals surface area contributed by atoms with Crippen molar-refractivity contribution in [1.29, 1.82) is 0 Å². The van der Waals surface area contributed by atoms with Gasteiger partial charge in [0.2, 0.25) is 0 Å². The van der Waals surface area contributed by atoms with Crippen molar-refractivity contribution in [3.05, 3.63) is 48.3 Å². The van der Waals surface area contributed by atoms with Crippen LogP contribution in [0.4, 0.5) is 5.82 Å². The van der Waals surface area contributed by atoms with Crippen LogP contribution in [-0.4, -0.2) is 9.55 Å². The van der Waals surface area contributed by atoms with Crippen molar-refractivity contribution in [3.63, 3.8) is 0 Å². The van der Waals surface area contributed by atoms with Gasteiger partial charge in [0.25, 0.3) is 0 Å². The fraction of sp³-hybridized carbons (Fsp3) is 0.389. The molecule has 1 aromatic heterocycles. The summed E-state index contributed by atoms with van der Waals surface area (Å²) in [5.41, 5.74) is 9.63. The largest absolute Gasteiger partial charge is 0.383 e. The summed E-state index contributed by atoms with van der Waals surface area (Å²) >= 11 is 0. The maximum absolute atomic E-state index is 6.40. The Morgan fingerprint density at radius 1 is 1.29 bits per heavy atom. The molecule has 0 bridgehead atoms. The SMILES string of the molecule is C=CCn1c(C(C)(C)C)nc(-c2ccccc2CC)c1N. The van der Waals surface area contributed by atoms with Gasteiger partial charge in [0.15, 0.2) is 0 Å². The molecule has 0 unspecified atom stereocenters. The quantitative estimate of drug-likeness (QED) is 0.855. The normalized spacial score (nSPS) is 11.6. The Bertz CT molecular complexity index is 645. The molecule has 0 atom stereocenters. The predicted molar refractivity (Wildman–Crippen MR) is 90.4 cm³/mol. The molecule has 0 aliphatic rings. The zero-order chi connectivity index (χ0) is 15.6. The molecular weight excluding hydrogens is 258 g/mol. The van der Waals surface area contributed by atoms with Gasteiger partial charge in [-0.05, 0) is 12.0 Å². The first-order chi connectivity index (χ1) is 9.90. The Kier molecular flexibility index (Phi) is 4.21. The molecule has 0 saturated heterocycles. The zero-order valence-corrected chi connectivity index (χ0v) is 13.5. The van der Waals surface area contributed by atoms with Crippen LogP contribution >= 0.6 is 0 Å². The first kappa shape index (κ1) is 15.4. The lowest BCUT2D eigenvalue weighted by molar-refractivity contribution is 0.515.